The van der Waals surface area contributed by atoms with Crippen LogP contribution in [0.3, 0.4) is 0 Å². The highest BCUT2D eigenvalue weighted by Crippen LogP contribution is 2.42. The summed E-state index contributed by atoms with van der Waals surface area (Å²) in [6.45, 7) is 0. The first kappa shape index (κ1) is 31.7. The number of nitrogens with zero attached hydrogens (tertiary/aromatic N) is 4. The van der Waals surface area contributed by atoms with Crippen molar-refractivity contribution in [2.75, 3.05) is 0 Å². The Balaban J connectivity index is 1.01. The molecule has 6 heteroatoms. The highest BCUT2D eigenvalue weighted by Gasteiger charge is 2.21. The minimum Gasteiger partial charge on any atom is -0.456 e. The van der Waals surface area contributed by atoms with Crippen LogP contribution < -0.4 is 0 Å². The highest BCUT2D eigenvalue weighted by atomic mass is 16.3. The van der Waals surface area contributed by atoms with E-state index in [9.17, 15) is 0 Å². The van der Waals surface area contributed by atoms with Crippen LogP contribution in [0.5, 0.6) is 0 Å². The summed E-state index contributed by atoms with van der Waals surface area (Å²) in [7, 11) is 0. The summed E-state index contributed by atoms with van der Waals surface area (Å²) >= 11 is 0. The lowest BCUT2D eigenvalue weighted by atomic mass is 9.97. The van der Waals surface area contributed by atoms with Crippen LogP contribution in [0.1, 0.15) is 18.2 Å². The van der Waals surface area contributed by atoms with Gasteiger partial charge in [-0.15, -0.1) is 0 Å². The molecule has 0 spiro atoms. The van der Waals surface area contributed by atoms with Gasteiger partial charge in [0.15, 0.2) is 11.6 Å². The lowest BCUT2D eigenvalue weighted by Gasteiger charge is -2.14. The van der Waals surface area contributed by atoms with Crippen molar-refractivity contribution in [1.29, 1.82) is 0 Å². The van der Waals surface area contributed by atoms with Crippen molar-refractivity contribution < 1.29 is 8.83 Å². The molecule has 12 rings (SSSR count). The third-order valence-corrected chi connectivity index (χ3v) is 11.4. The van der Waals surface area contributed by atoms with Crippen molar-refractivity contribution in [3.63, 3.8) is 0 Å². The maximum atomic E-state index is 6.68. The predicted octanol–water partition coefficient (Wildman–Crippen LogP) is 13.4. The van der Waals surface area contributed by atoms with E-state index in [1.165, 1.54) is 21.8 Å². The van der Waals surface area contributed by atoms with E-state index in [0.717, 1.165) is 84.1 Å². The second-order valence-electron chi connectivity index (χ2n) is 14.7. The summed E-state index contributed by atoms with van der Waals surface area (Å²) < 4.78 is 15.5. The number of fused-ring (bicyclic) bond motifs is 9. The molecule has 6 nitrogen and oxygen atoms in total. The van der Waals surface area contributed by atoms with Gasteiger partial charge in [0.25, 0.3) is 0 Å². The molecular formula is C51H32N4O2. The van der Waals surface area contributed by atoms with Gasteiger partial charge in [0.2, 0.25) is 0 Å². The summed E-state index contributed by atoms with van der Waals surface area (Å²) in [6.07, 6.45) is 9.31. The molecule has 1 atom stereocenters. The SMILES string of the molecule is C1=CCC(c2nc(-c3ccccc3)nc(-c3ccc4oc5cccc(-c6ccc7c(c6)oc6cccc(-n8c9ccccc9c9ccccc98)c67)c5c4c3)n2)C=C1. The van der Waals surface area contributed by atoms with Crippen LogP contribution in [-0.2, 0) is 0 Å². The van der Waals surface area contributed by atoms with E-state index in [4.69, 9.17) is 23.8 Å². The molecule has 4 heterocycles. The van der Waals surface area contributed by atoms with Gasteiger partial charge < -0.3 is 13.4 Å². The molecular weight excluding hydrogens is 701 g/mol. The van der Waals surface area contributed by atoms with Crippen LogP contribution in [0.15, 0.2) is 185 Å². The zero-order valence-electron chi connectivity index (χ0n) is 30.6. The molecule has 0 N–H and O–H groups in total. The number of hydrogen-bond acceptors (Lipinski definition) is 5. The van der Waals surface area contributed by atoms with Crippen molar-refractivity contribution in [1.82, 2.24) is 19.5 Å². The molecule has 0 saturated carbocycles. The second-order valence-corrected chi connectivity index (χ2v) is 14.7. The van der Waals surface area contributed by atoms with Crippen LogP contribution in [-0.4, -0.2) is 19.5 Å². The van der Waals surface area contributed by atoms with E-state index in [2.05, 4.69) is 132 Å². The van der Waals surface area contributed by atoms with Gasteiger partial charge in [-0.1, -0.05) is 115 Å². The monoisotopic (exact) mass is 732 g/mol. The number of hydrogen-bond donors (Lipinski definition) is 0. The van der Waals surface area contributed by atoms with Crippen LogP contribution in [0.25, 0.3) is 105 Å². The molecule has 1 unspecified atom stereocenters. The molecule has 0 saturated heterocycles. The van der Waals surface area contributed by atoms with Gasteiger partial charge in [-0.2, -0.15) is 0 Å². The summed E-state index contributed by atoms with van der Waals surface area (Å²) in [4.78, 5) is 15.1. The van der Waals surface area contributed by atoms with Crippen LogP contribution in [0.2, 0.25) is 0 Å². The van der Waals surface area contributed by atoms with Gasteiger partial charge >= 0.3 is 0 Å². The van der Waals surface area contributed by atoms with Crippen molar-refractivity contribution in [2.45, 2.75) is 12.3 Å². The molecule has 0 amide bonds. The average molecular weight is 733 g/mol. The van der Waals surface area contributed by atoms with Crippen LogP contribution >= 0.6 is 0 Å². The molecule has 0 radical (unpaired) electrons. The van der Waals surface area contributed by atoms with E-state index in [1.54, 1.807) is 0 Å². The molecule has 57 heavy (non-hydrogen) atoms. The van der Waals surface area contributed by atoms with E-state index in [0.29, 0.717) is 11.6 Å². The van der Waals surface area contributed by atoms with E-state index in [1.807, 2.05) is 48.5 Å². The van der Waals surface area contributed by atoms with Crippen molar-refractivity contribution in [3.8, 4) is 39.6 Å². The topological polar surface area (TPSA) is 69.9 Å². The molecule has 268 valence electrons. The first-order valence-electron chi connectivity index (χ1n) is 19.3. The van der Waals surface area contributed by atoms with Gasteiger partial charge in [-0.25, -0.2) is 15.0 Å². The Labute approximate surface area is 326 Å². The van der Waals surface area contributed by atoms with Gasteiger partial charge in [-0.3, -0.25) is 0 Å². The van der Waals surface area contributed by atoms with E-state index < -0.39 is 0 Å². The summed E-state index contributed by atoms with van der Waals surface area (Å²) in [6, 6.07) is 52.8. The predicted molar refractivity (Wildman–Crippen MR) is 231 cm³/mol. The highest BCUT2D eigenvalue weighted by molar-refractivity contribution is 6.16. The number of benzene rings is 7. The Hall–Kier alpha value is -7.57. The zero-order valence-corrected chi connectivity index (χ0v) is 30.6. The fourth-order valence-corrected chi connectivity index (χ4v) is 8.73. The van der Waals surface area contributed by atoms with Gasteiger partial charge in [0, 0.05) is 44.0 Å². The smallest absolute Gasteiger partial charge is 0.163 e. The Morgan fingerprint density at radius 1 is 0.474 bits per heavy atom. The van der Waals surface area contributed by atoms with Gasteiger partial charge in [0.05, 0.1) is 22.1 Å². The Morgan fingerprint density at radius 3 is 1.96 bits per heavy atom. The standard InChI is InChI=1S/C51H32N4O2/c1-3-13-31(14-4-1)49-52-50(32-15-5-2-6-16-32)54-51(53-49)34-26-28-43-39(29-34)47-35(19-11-23-44(47)56-43)33-25-27-38-46(30-33)57-45-24-12-22-42(48(38)45)55-40-20-9-7-17-36(40)37-18-8-10-21-41(37)55/h1-15,17-30,32H,16H2. The zero-order chi connectivity index (χ0) is 37.5. The number of allylic oxidation sites excluding steroid dienone is 4. The average Bonchev–Trinajstić information content (AvgIpc) is 3.96. The van der Waals surface area contributed by atoms with Crippen LogP contribution in [0.4, 0.5) is 0 Å². The van der Waals surface area contributed by atoms with Crippen molar-refractivity contribution in [3.05, 3.63) is 182 Å². The fourth-order valence-electron chi connectivity index (χ4n) is 8.73. The molecule has 11 aromatic rings. The first-order valence-corrected chi connectivity index (χ1v) is 19.3. The van der Waals surface area contributed by atoms with E-state index >= 15 is 0 Å². The molecule has 7 aromatic carbocycles. The van der Waals surface area contributed by atoms with E-state index in [-0.39, 0.29) is 5.92 Å². The number of aromatic nitrogens is 4. The number of furan rings is 2. The molecule has 0 fully saturated rings. The lowest BCUT2D eigenvalue weighted by Crippen LogP contribution is -2.07. The summed E-state index contributed by atoms with van der Waals surface area (Å²) in [5, 5.41) is 6.66. The third-order valence-electron chi connectivity index (χ3n) is 11.4. The minimum absolute atomic E-state index is 0.0792. The Kier molecular flexibility index (Phi) is 6.95. The first-order chi connectivity index (χ1) is 28.2. The minimum atomic E-state index is 0.0792. The third kappa shape index (κ3) is 5.00. The molecule has 0 aliphatic heterocycles. The molecule has 1 aliphatic carbocycles. The molecule has 1 aliphatic rings. The molecule has 4 aromatic heterocycles. The Bertz CT molecular complexity index is 3400. The number of rotatable bonds is 5. The van der Waals surface area contributed by atoms with Gasteiger partial charge in [0.1, 0.15) is 28.2 Å². The van der Waals surface area contributed by atoms with Gasteiger partial charge in [-0.05, 0) is 78.2 Å². The maximum Gasteiger partial charge on any atom is 0.163 e. The Morgan fingerprint density at radius 2 is 1.18 bits per heavy atom. The van der Waals surface area contributed by atoms with Crippen molar-refractivity contribution in [2.24, 2.45) is 0 Å². The van der Waals surface area contributed by atoms with Crippen molar-refractivity contribution >= 4 is 65.7 Å². The normalized spacial score (nSPS) is 14.3. The summed E-state index contributed by atoms with van der Waals surface area (Å²) in [5.41, 5.74) is 10.7. The fraction of sp³-hybridized carbons (Fsp3) is 0.0392. The quantitative estimate of drug-likeness (QED) is 0.176. The maximum absolute atomic E-state index is 6.68. The van der Waals surface area contributed by atoms with Crippen LogP contribution in [0, 0.1) is 0 Å². The largest absolute Gasteiger partial charge is 0.456 e. The second kappa shape index (κ2) is 12.5. The number of para-hydroxylation sites is 2. The molecule has 0 bridgehead atoms. The lowest BCUT2D eigenvalue weighted by molar-refractivity contribution is 0.668. The summed E-state index contributed by atoms with van der Waals surface area (Å²) in [5.74, 6) is 2.14.